The first kappa shape index (κ1) is 27.0. The van der Waals surface area contributed by atoms with Crippen molar-refractivity contribution in [3.05, 3.63) is 12.2 Å². The summed E-state index contributed by atoms with van der Waals surface area (Å²) in [6.07, 6.45) is 21.2. The van der Waals surface area contributed by atoms with Crippen molar-refractivity contribution in [2.75, 3.05) is 6.61 Å². The Morgan fingerprint density at radius 2 is 1.35 bits per heavy atom. The summed E-state index contributed by atoms with van der Waals surface area (Å²) in [5.41, 5.74) is 0. The summed E-state index contributed by atoms with van der Waals surface area (Å²) >= 11 is 0. The van der Waals surface area contributed by atoms with Crippen LogP contribution < -0.4 is 5.40 Å². The van der Waals surface area contributed by atoms with Gasteiger partial charge in [0.2, 0.25) is 0 Å². The third kappa shape index (κ3) is 30.7. The number of allylic oxidation sites excluding steroid dienone is 2. The Bertz CT molecular complexity index is 349. The van der Waals surface area contributed by atoms with Crippen LogP contribution in [0.3, 0.4) is 0 Å². The van der Waals surface area contributed by atoms with Gasteiger partial charge in [-0.15, -0.1) is 0 Å². The third-order valence-corrected chi connectivity index (χ3v) is 4.51. The van der Waals surface area contributed by atoms with E-state index in [0.717, 1.165) is 12.8 Å². The molecular formula is C20H41NO4Si. The number of unbranched alkanes of at least 4 members (excludes halogenated alkanes) is 11. The lowest BCUT2D eigenvalue weighted by atomic mass is 10.1. The second-order valence-electron chi connectivity index (χ2n) is 6.48. The minimum atomic E-state index is -2.14. The van der Waals surface area contributed by atoms with Crippen LogP contribution in [-0.4, -0.2) is 26.8 Å². The summed E-state index contributed by atoms with van der Waals surface area (Å²) in [6.45, 7) is 4.44. The lowest BCUT2D eigenvalue weighted by Gasteiger charge is -1.99. The van der Waals surface area contributed by atoms with Crippen molar-refractivity contribution in [2.24, 2.45) is 5.40 Å². The third-order valence-electron chi connectivity index (χ3n) is 3.94. The fourth-order valence-electron chi connectivity index (χ4n) is 2.49. The molecule has 0 aromatic carbocycles. The number of carboxylic acid groups (broad SMARTS) is 1. The number of hydrogen-bond donors (Lipinski definition) is 2. The molecule has 6 heteroatoms. The summed E-state index contributed by atoms with van der Waals surface area (Å²) in [5, 5.41) is 13.2. The van der Waals surface area contributed by atoms with Crippen molar-refractivity contribution in [3.63, 3.8) is 0 Å². The van der Waals surface area contributed by atoms with E-state index >= 15 is 0 Å². The molecule has 0 radical (unpaired) electrons. The highest BCUT2D eigenvalue weighted by molar-refractivity contribution is 6.30. The van der Waals surface area contributed by atoms with E-state index < -0.39 is 15.1 Å². The monoisotopic (exact) mass is 387 g/mol. The lowest BCUT2D eigenvalue weighted by Crippen LogP contribution is -2.17. The Morgan fingerprint density at radius 3 is 1.73 bits per heavy atom. The summed E-state index contributed by atoms with van der Waals surface area (Å²) in [7, 11) is -2.14. The topological polar surface area (TPSA) is 89.6 Å². The molecule has 0 aliphatic rings. The van der Waals surface area contributed by atoms with Gasteiger partial charge in [0.25, 0.3) is 0 Å². The molecule has 0 rings (SSSR count). The van der Waals surface area contributed by atoms with Gasteiger partial charge in [0, 0.05) is 6.42 Å². The van der Waals surface area contributed by atoms with Gasteiger partial charge in [-0.3, -0.25) is 4.79 Å². The van der Waals surface area contributed by atoms with E-state index in [1.807, 2.05) is 0 Å². The zero-order chi connectivity index (χ0) is 19.9. The molecule has 0 aromatic heterocycles. The largest absolute Gasteiger partial charge is 0.632 e. The first-order valence-electron chi connectivity index (χ1n) is 10.3. The average molecular weight is 388 g/mol. The van der Waals surface area contributed by atoms with Crippen LogP contribution in [0.5, 0.6) is 0 Å². The molecule has 154 valence electrons. The lowest BCUT2D eigenvalue weighted by molar-refractivity contribution is -0.137. The van der Waals surface area contributed by atoms with Gasteiger partial charge >= 0.3 is 15.1 Å². The highest BCUT2D eigenvalue weighted by Gasteiger charge is 1.95. The minimum absolute atomic E-state index is 0.332. The van der Waals surface area contributed by atoms with Crippen LogP contribution in [0.1, 0.15) is 104 Å². The molecule has 0 saturated heterocycles. The zero-order valence-electron chi connectivity index (χ0n) is 17.0. The summed E-state index contributed by atoms with van der Waals surface area (Å²) in [6, 6.07) is 0. The number of carbonyl (C=O) groups is 1. The van der Waals surface area contributed by atoms with Crippen molar-refractivity contribution in [1.29, 1.82) is 0 Å². The van der Waals surface area contributed by atoms with Crippen molar-refractivity contribution in [3.8, 4) is 0 Å². The van der Waals surface area contributed by atoms with Crippen molar-refractivity contribution in [2.45, 2.75) is 104 Å². The molecule has 0 unspecified atom stereocenters. The predicted molar refractivity (Wildman–Crippen MR) is 109 cm³/mol. The number of nitrogens with two attached hydrogens (primary N) is 1. The van der Waals surface area contributed by atoms with Crippen LogP contribution in [0.4, 0.5) is 0 Å². The SMILES string of the molecule is CCCCCCCC/C=C\CCCCCCCC(=O)O.CCO[Si](N)=O. The minimum Gasteiger partial charge on any atom is -0.510 e. The van der Waals surface area contributed by atoms with Gasteiger partial charge in [0.1, 0.15) is 0 Å². The molecule has 0 fully saturated rings. The van der Waals surface area contributed by atoms with E-state index in [9.17, 15) is 9.26 Å². The van der Waals surface area contributed by atoms with Gasteiger partial charge in [-0.2, -0.15) is 0 Å². The second kappa shape index (κ2) is 23.8. The molecule has 0 aliphatic heterocycles. The Kier molecular flexibility index (Phi) is 24.8. The second-order valence-corrected chi connectivity index (χ2v) is 7.41. The zero-order valence-corrected chi connectivity index (χ0v) is 18.0. The van der Waals surface area contributed by atoms with E-state index in [0.29, 0.717) is 13.0 Å². The van der Waals surface area contributed by atoms with E-state index in [4.69, 9.17) is 10.5 Å². The molecule has 0 aliphatic carbocycles. The first-order chi connectivity index (χ1) is 12.5. The van der Waals surface area contributed by atoms with Crippen LogP contribution in [0, 0.1) is 0 Å². The van der Waals surface area contributed by atoms with Crippen LogP contribution >= 0.6 is 0 Å². The van der Waals surface area contributed by atoms with E-state index in [1.54, 1.807) is 6.92 Å². The smallest absolute Gasteiger partial charge is 0.510 e. The van der Waals surface area contributed by atoms with Crippen LogP contribution in [0.25, 0.3) is 0 Å². The molecule has 0 amide bonds. The normalized spacial score (nSPS) is 10.4. The summed E-state index contributed by atoms with van der Waals surface area (Å²) < 4.78 is 14.2. The molecular weight excluding hydrogens is 346 g/mol. The number of carboxylic acids is 1. The molecule has 5 nitrogen and oxygen atoms in total. The maximum atomic E-state index is 10.3. The molecule has 0 aromatic rings. The van der Waals surface area contributed by atoms with Crippen molar-refractivity contribution < 1.29 is 18.8 Å². The molecule has 0 bridgehead atoms. The van der Waals surface area contributed by atoms with Gasteiger partial charge in [-0.1, -0.05) is 70.4 Å². The van der Waals surface area contributed by atoms with E-state index in [1.165, 1.54) is 70.6 Å². The number of aliphatic carboxylic acids is 1. The molecule has 0 atom stereocenters. The van der Waals surface area contributed by atoms with Crippen LogP contribution in [0.2, 0.25) is 0 Å². The Hall–Kier alpha value is -1.17. The Labute approximate surface area is 162 Å². The van der Waals surface area contributed by atoms with Crippen LogP contribution in [0.15, 0.2) is 12.2 Å². The van der Waals surface area contributed by atoms with Crippen molar-refractivity contribution >= 4 is 15.1 Å². The van der Waals surface area contributed by atoms with Crippen LogP contribution in [-0.2, 0) is 13.7 Å². The van der Waals surface area contributed by atoms with E-state index in [2.05, 4.69) is 23.5 Å². The maximum absolute atomic E-state index is 10.3. The molecule has 0 saturated carbocycles. The summed E-state index contributed by atoms with van der Waals surface area (Å²) in [4.78, 5) is 10.3. The fourth-order valence-corrected chi connectivity index (χ4v) is 2.77. The Morgan fingerprint density at radius 1 is 0.885 bits per heavy atom. The standard InChI is InChI=1S/C18H34O2.C2H7NO2Si/c1-2-3-4-5-6-7-8-9-10-11-12-13-14-15-16-17-18(19)20;1-2-5-6(3)4/h9-10H,2-8,11-17H2,1H3,(H,19,20);2-3H2,1H3/b10-9-;. The predicted octanol–water partition coefficient (Wildman–Crippen LogP) is 5.51. The fraction of sp³-hybridized carbons (Fsp3) is 0.850. The molecule has 0 spiro atoms. The van der Waals surface area contributed by atoms with Gasteiger partial charge < -0.3 is 19.4 Å². The highest BCUT2D eigenvalue weighted by atomic mass is 28.3. The van der Waals surface area contributed by atoms with Gasteiger partial charge in [-0.05, 0) is 39.0 Å². The molecule has 0 heterocycles. The highest BCUT2D eigenvalue weighted by Crippen LogP contribution is 2.09. The van der Waals surface area contributed by atoms with Gasteiger partial charge in [0.05, 0.1) is 6.61 Å². The molecule has 3 N–H and O–H groups in total. The quantitative estimate of drug-likeness (QED) is 0.195. The van der Waals surface area contributed by atoms with Crippen molar-refractivity contribution in [1.82, 2.24) is 0 Å². The Balaban J connectivity index is 0. The molecule has 26 heavy (non-hydrogen) atoms. The average Bonchev–Trinajstić information content (AvgIpc) is 2.58. The van der Waals surface area contributed by atoms with E-state index in [-0.39, 0.29) is 0 Å². The maximum Gasteiger partial charge on any atom is 0.632 e. The number of hydrogen-bond acceptors (Lipinski definition) is 3. The first-order valence-corrected chi connectivity index (χ1v) is 11.7. The summed E-state index contributed by atoms with van der Waals surface area (Å²) in [5.74, 6) is -0.664. The van der Waals surface area contributed by atoms with Gasteiger partial charge in [0.15, 0.2) is 0 Å². The van der Waals surface area contributed by atoms with Gasteiger partial charge in [-0.25, -0.2) is 0 Å². The number of rotatable bonds is 17.